The van der Waals surface area contributed by atoms with Crippen LogP contribution in [0.1, 0.15) is 49.0 Å². The second kappa shape index (κ2) is 9.17. The number of nitrogens with zero attached hydrogens (tertiary/aromatic N) is 2. The predicted molar refractivity (Wildman–Crippen MR) is 112 cm³/mol. The maximum absolute atomic E-state index is 12.5. The van der Waals surface area contributed by atoms with E-state index < -0.39 is 0 Å². The first-order chi connectivity index (χ1) is 13.6. The molecule has 3 aromatic rings. The summed E-state index contributed by atoms with van der Waals surface area (Å²) in [6.07, 6.45) is 4.35. The summed E-state index contributed by atoms with van der Waals surface area (Å²) in [5.74, 6) is 0.0445. The Kier molecular flexibility index (Phi) is 6.42. The summed E-state index contributed by atoms with van der Waals surface area (Å²) in [5.41, 5.74) is 8.56. The highest BCUT2D eigenvalue weighted by atomic mass is 16.1. The molecule has 6 heteroatoms. The predicted octanol–water partition coefficient (Wildman–Crippen LogP) is 4.32. The minimum absolute atomic E-state index is 0.0334. The van der Waals surface area contributed by atoms with Gasteiger partial charge in [-0.25, -0.2) is 0 Å². The van der Waals surface area contributed by atoms with E-state index >= 15 is 0 Å². The highest BCUT2D eigenvalue weighted by Crippen LogP contribution is 2.20. The summed E-state index contributed by atoms with van der Waals surface area (Å²) in [4.78, 5) is 24.5. The van der Waals surface area contributed by atoms with E-state index in [9.17, 15) is 9.59 Å². The number of nitrogens with two attached hydrogens (primary N) is 1. The normalized spacial score (nSPS) is 10.9. The molecule has 6 nitrogen and oxygen atoms in total. The van der Waals surface area contributed by atoms with Crippen LogP contribution in [0.3, 0.4) is 0 Å². The van der Waals surface area contributed by atoms with Crippen LogP contribution in [0.4, 0.5) is 11.4 Å². The molecule has 3 N–H and O–H groups in total. The Labute approximate surface area is 164 Å². The third kappa shape index (κ3) is 4.76. The van der Waals surface area contributed by atoms with Gasteiger partial charge in [0.15, 0.2) is 5.78 Å². The fourth-order valence-corrected chi connectivity index (χ4v) is 3.29. The number of nitrogens with one attached hydrogen (secondary N) is 1. The molecular weight excluding hydrogens is 352 g/mol. The smallest absolute Gasteiger partial charge is 0.224 e. The summed E-state index contributed by atoms with van der Waals surface area (Å²) in [7, 11) is 1.85. The molecular formula is C22H26N4O2. The van der Waals surface area contributed by atoms with Crippen LogP contribution in [0, 0.1) is 0 Å². The second-order valence-electron chi connectivity index (χ2n) is 6.96. The molecule has 146 valence electrons. The molecule has 1 amide bonds. The average molecular weight is 378 g/mol. The highest BCUT2D eigenvalue weighted by Gasteiger charge is 2.15. The van der Waals surface area contributed by atoms with Gasteiger partial charge in [0.2, 0.25) is 5.91 Å². The summed E-state index contributed by atoms with van der Waals surface area (Å²) in [5, 5.41) is 8.12. The lowest BCUT2D eigenvalue weighted by Crippen LogP contribution is -2.12. The first-order valence-electron chi connectivity index (χ1n) is 9.65. The molecule has 28 heavy (non-hydrogen) atoms. The van der Waals surface area contributed by atoms with Crippen molar-refractivity contribution < 1.29 is 9.59 Å². The number of Topliss-reactive ketones (excluding diaryl/α,β-unsaturated/α-hetero) is 1. The zero-order chi connectivity index (χ0) is 19.9. The summed E-state index contributed by atoms with van der Waals surface area (Å²) < 4.78 is 1.75. The van der Waals surface area contributed by atoms with Crippen molar-refractivity contribution in [3.8, 4) is 0 Å². The number of nitrogen functional groups attached to an aromatic ring is 1. The Morgan fingerprint density at radius 2 is 1.64 bits per heavy atom. The van der Waals surface area contributed by atoms with Gasteiger partial charge in [-0.1, -0.05) is 43.2 Å². The van der Waals surface area contributed by atoms with Gasteiger partial charge in [0.1, 0.15) is 5.69 Å². The molecule has 3 rings (SSSR count). The number of hydrogen-bond acceptors (Lipinski definition) is 4. The number of carbonyl (C=O) groups is 2. The van der Waals surface area contributed by atoms with Crippen molar-refractivity contribution in [2.24, 2.45) is 7.05 Å². The maximum atomic E-state index is 12.5. The molecule has 0 unspecified atom stereocenters. The summed E-state index contributed by atoms with van der Waals surface area (Å²) in [6, 6.07) is 15.0. The number of aromatic nitrogens is 2. The van der Waals surface area contributed by atoms with Gasteiger partial charge in [0, 0.05) is 25.3 Å². The SMILES string of the molecule is Cn1nc(C(=O)CCCCCCC(=O)Nc2ccccc2N)c2ccccc21. The Morgan fingerprint density at radius 3 is 2.43 bits per heavy atom. The molecule has 0 radical (unpaired) electrons. The van der Waals surface area contributed by atoms with E-state index in [1.807, 2.05) is 43.4 Å². The first-order valence-corrected chi connectivity index (χ1v) is 9.65. The van der Waals surface area contributed by atoms with Gasteiger partial charge < -0.3 is 11.1 Å². The van der Waals surface area contributed by atoms with Crippen molar-refractivity contribution in [3.63, 3.8) is 0 Å². The number of rotatable bonds is 9. The molecule has 0 saturated carbocycles. The standard InChI is InChI=1S/C22H26N4O2/c1-26-19-13-9-6-10-16(19)22(25-26)20(27)14-4-2-3-5-15-21(28)24-18-12-8-7-11-17(18)23/h6-13H,2-5,14-15,23H2,1H3,(H,24,28). The lowest BCUT2D eigenvalue weighted by Gasteiger charge is -2.07. The topological polar surface area (TPSA) is 90.0 Å². The van der Waals surface area contributed by atoms with Crippen LogP contribution in [-0.2, 0) is 11.8 Å². The molecule has 0 aliphatic heterocycles. The van der Waals surface area contributed by atoms with Gasteiger partial charge in [-0.3, -0.25) is 14.3 Å². The van der Waals surface area contributed by atoms with Crippen LogP contribution >= 0.6 is 0 Å². The van der Waals surface area contributed by atoms with Gasteiger partial charge in [-0.2, -0.15) is 5.10 Å². The molecule has 0 spiro atoms. The Balaban J connectivity index is 1.37. The van der Waals surface area contributed by atoms with Gasteiger partial charge in [0.25, 0.3) is 0 Å². The van der Waals surface area contributed by atoms with Crippen LogP contribution in [0.5, 0.6) is 0 Å². The van der Waals surface area contributed by atoms with E-state index in [2.05, 4.69) is 10.4 Å². The van der Waals surface area contributed by atoms with Crippen molar-refractivity contribution in [1.29, 1.82) is 0 Å². The molecule has 0 aliphatic carbocycles. The lowest BCUT2D eigenvalue weighted by molar-refractivity contribution is -0.116. The number of benzene rings is 2. The minimum Gasteiger partial charge on any atom is -0.397 e. The quantitative estimate of drug-likeness (QED) is 0.330. The van der Waals surface area contributed by atoms with Gasteiger partial charge >= 0.3 is 0 Å². The number of hydrogen-bond donors (Lipinski definition) is 2. The van der Waals surface area contributed by atoms with E-state index in [0.29, 0.717) is 29.9 Å². The van der Waals surface area contributed by atoms with Crippen LogP contribution < -0.4 is 11.1 Å². The fraction of sp³-hybridized carbons (Fsp3) is 0.318. The van der Waals surface area contributed by atoms with E-state index in [-0.39, 0.29) is 11.7 Å². The fourth-order valence-electron chi connectivity index (χ4n) is 3.29. The molecule has 0 aliphatic rings. The van der Waals surface area contributed by atoms with Crippen molar-refractivity contribution in [2.45, 2.75) is 38.5 Å². The number of fused-ring (bicyclic) bond motifs is 1. The van der Waals surface area contributed by atoms with Gasteiger partial charge in [0.05, 0.1) is 16.9 Å². The second-order valence-corrected chi connectivity index (χ2v) is 6.96. The average Bonchev–Trinajstić information content (AvgIpc) is 3.03. The number of carbonyl (C=O) groups excluding carboxylic acids is 2. The largest absolute Gasteiger partial charge is 0.397 e. The van der Waals surface area contributed by atoms with Crippen LogP contribution in [-0.4, -0.2) is 21.5 Å². The molecule has 0 atom stereocenters. The van der Waals surface area contributed by atoms with Crippen LogP contribution in [0.2, 0.25) is 0 Å². The first kappa shape index (κ1) is 19.6. The Bertz CT molecular complexity index is 978. The zero-order valence-corrected chi connectivity index (χ0v) is 16.1. The van der Waals surface area contributed by atoms with Gasteiger partial charge in [-0.05, 0) is 31.0 Å². The summed E-state index contributed by atoms with van der Waals surface area (Å²) in [6.45, 7) is 0. The molecule has 2 aromatic carbocycles. The molecule has 0 saturated heterocycles. The van der Waals surface area contributed by atoms with Crippen molar-refractivity contribution in [2.75, 3.05) is 11.1 Å². The monoisotopic (exact) mass is 378 g/mol. The van der Waals surface area contributed by atoms with Crippen molar-refractivity contribution in [1.82, 2.24) is 9.78 Å². The van der Waals surface area contributed by atoms with Gasteiger partial charge in [-0.15, -0.1) is 0 Å². The van der Waals surface area contributed by atoms with Crippen LogP contribution in [0.15, 0.2) is 48.5 Å². The number of aryl methyl sites for hydroxylation is 1. The maximum Gasteiger partial charge on any atom is 0.224 e. The molecule has 1 aromatic heterocycles. The lowest BCUT2D eigenvalue weighted by atomic mass is 10.0. The summed E-state index contributed by atoms with van der Waals surface area (Å²) >= 11 is 0. The Hall–Kier alpha value is -3.15. The van der Waals surface area contributed by atoms with E-state index in [1.54, 1.807) is 16.8 Å². The van der Waals surface area contributed by atoms with E-state index in [4.69, 9.17) is 5.73 Å². The number of ketones is 1. The zero-order valence-electron chi connectivity index (χ0n) is 16.1. The number of para-hydroxylation sites is 3. The number of unbranched alkanes of at least 4 members (excludes halogenated alkanes) is 3. The number of amides is 1. The number of anilines is 2. The Morgan fingerprint density at radius 1 is 0.964 bits per heavy atom. The molecule has 1 heterocycles. The minimum atomic E-state index is -0.0334. The van der Waals surface area contributed by atoms with Crippen molar-refractivity contribution in [3.05, 3.63) is 54.2 Å². The third-order valence-corrected chi connectivity index (χ3v) is 4.81. The van der Waals surface area contributed by atoms with E-state index in [0.717, 1.165) is 36.6 Å². The molecule has 0 bridgehead atoms. The van der Waals surface area contributed by atoms with E-state index in [1.165, 1.54) is 0 Å². The highest BCUT2D eigenvalue weighted by molar-refractivity contribution is 6.05. The molecule has 0 fully saturated rings. The third-order valence-electron chi connectivity index (χ3n) is 4.81. The van der Waals surface area contributed by atoms with Crippen LogP contribution in [0.25, 0.3) is 10.9 Å². The van der Waals surface area contributed by atoms with Crippen molar-refractivity contribution >= 4 is 34.0 Å².